The Morgan fingerprint density at radius 1 is 1.07 bits per heavy atom. The Hall–Kier alpha value is -0.670. The van der Waals surface area contributed by atoms with E-state index >= 15 is 0 Å². The molecule has 0 aliphatic heterocycles. The Labute approximate surface area is 183 Å². The van der Waals surface area contributed by atoms with Gasteiger partial charge in [0, 0.05) is 12.8 Å². The van der Waals surface area contributed by atoms with E-state index in [4.69, 9.17) is 0 Å². The summed E-state index contributed by atoms with van der Waals surface area (Å²) >= 11 is 0. The van der Waals surface area contributed by atoms with E-state index in [9.17, 15) is 15.0 Å². The van der Waals surface area contributed by atoms with Crippen molar-refractivity contribution in [2.75, 3.05) is 0 Å². The number of aliphatic hydroxyl groups excluding tert-OH is 2. The molecule has 4 rings (SSSR count). The third-order valence-electron chi connectivity index (χ3n) is 9.93. The highest BCUT2D eigenvalue weighted by Gasteiger charge is 2.57. The summed E-state index contributed by atoms with van der Waals surface area (Å²) in [5.41, 5.74) is 3.57. The van der Waals surface area contributed by atoms with Crippen molar-refractivity contribution < 1.29 is 15.0 Å². The number of aliphatic hydroxyl groups is 2. The van der Waals surface area contributed by atoms with Gasteiger partial charge in [-0.2, -0.15) is 0 Å². The molecule has 2 saturated carbocycles. The van der Waals surface area contributed by atoms with E-state index in [0.29, 0.717) is 35.9 Å². The van der Waals surface area contributed by atoms with Crippen LogP contribution in [0.1, 0.15) is 98.8 Å². The van der Waals surface area contributed by atoms with Crippen LogP contribution in [0.25, 0.3) is 0 Å². The van der Waals surface area contributed by atoms with E-state index in [1.165, 1.54) is 19.3 Å². The molecule has 0 radical (unpaired) electrons. The average Bonchev–Trinajstić information content (AvgIpc) is 3.00. The summed E-state index contributed by atoms with van der Waals surface area (Å²) in [5, 5.41) is 21.4. The lowest BCUT2D eigenvalue weighted by atomic mass is 9.50. The SMILES string of the molecule is CC(C)CC(=O)C[C@@H](C)[C@H]1CC[C@H]2C3=C(CC[C@]12C)[C@@]1(C)CC[C@H](O)CC1[C@@H](O)C3. The third-order valence-corrected chi connectivity index (χ3v) is 9.93. The summed E-state index contributed by atoms with van der Waals surface area (Å²) in [6.07, 6.45) is 9.18. The molecule has 1 unspecified atom stereocenters. The van der Waals surface area contributed by atoms with E-state index in [1.54, 1.807) is 11.1 Å². The highest BCUT2D eigenvalue weighted by atomic mass is 16.3. The highest BCUT2D eigenvalue weighted by Crippen LogP contribution is 2.65. The van der Waals surface area contributed by atoms with Crippen LogP contribution in [0.2, 0.25) is 0 Å². The summed E-state index contributed by atoms with van der Waals surface area (Å²) in [4.78, 5) is 12.5. The lowest BCUT2D eigenvalue weighted by Crippen LogP contribution is -2.50. The fraction of sp³-hybridized carbons (Fsp3) is 0.889. The minimum atomic E-state index is -0.310. The van der Waals surface area contributed by atoms with Crippen LogP contribution in [-0.4, -0.2) is 28.2 Å². The van der Waals surface area contributed by atoms with Crippen LogP contribution < -0.4 is 0 Å². The van der Waals surface area contributed by atoms with Gasteiger partial charge in [-0.15, -0.1) is 0 Å². The molecule has 3 nitrogen and oxygen atoms in total. The second-order valence-electron chi connectivity index (χ2n) is 12.3. The molecule has 170 valence electrons. The fourth-order valence-corrected chi connectivity index (χ4v) is 8.50. The van der Waals surface area contributed by atoms with Crippen LogP contribution in [0.15, 0.2) is 11.1 Å². The van der Waals surface area contributed by atoms with Crippen molar-refractivity contribution in [1.82, 2.24) is 0 Å². The zero-order chi connectivity index (χ0) is 21.8. The van der Waals surface area contributed by atoms with Gasteiger partial charge in [-0.25, -0.2) is 0 Å². The van der Waals surface area contributed by atoms with Gasteiger partial charge >= 0.3 is 0 Å². The molecule has 2 N–H and O–H groups in total. The van der Waals surface area contributed by atoms with Gasteiger partial charge in [-0.1, -0.05) is 45.8 Å². The summed E-state index contributed by atoms with van der Waals surface area (Å²) in [7, 11) is 0. The lowest BCUT2D eigenvalue weighted by molar-refractivity contribution is -0.121. The van der Waals surface area contributed by atoms with E-state index in [2.05, 4.69) is 34.6 Å². The zero-order valence-electron chi connectivity index (χ0n) is 19.9. The topological polar surface area (TPSA) is 57.5 Å². The summed E-state index contributed by atoms with van der Waals surface area (Å²) in [5.74, 6) is 2.75. The largest absolute Gasteiger partial charge is 0.393 e. The van der Waals surface area contributed by atoms with Crippen molar-refractivity contribution in [2.45, 2.75) is 111 Å². The van der Waals surface area contributed by atoms with Gasteiger partial charge in [0.1, 0.15) is 5.78 Å². The van der Waals surface area contributed by atoms with Crippen LogP contribution >= 0.6 is 0 Å². The van der Waals surface area contributed by atoms with Crippen LogP contribution in [0.5, 0.6) is 0 Å². The average molecular weight is 417 g/mol. The molecule has 4 aliphatic rings. The zero-order valence-corrected chi connectivity index (χ0v) is 19.9. The smallest absolute Gasteiger partial charge is 0.133 e. The molecular weight excluding hydrogens is 372 g/mol. The van der Waals surface area contributed by atoms with Crippen molar-refractivity contribution in [3.63, 3.8) is 0 Å². The number of allylic oxidation sites excluding steroid dienone is 1. The number of hydrogen-bond acceptors (Lipinski definition) is 3. The molecule has 4 aliphatic carbocycles. The van der Waals surface area contributed by atoms with Crippen LogP contribution in [0.3, 0.4) is 0 Å². The number of rotatable bonds is 5. The Morgan fingerprint density at radius 3 is 2.50 bits per heavy atom. The molecule has 0 amide bonds. The number of carbonyl (C=O) groups excluding carboxylic acids is 1. The van der Waals surface area contributed by atoms with Gasteiger partial charge in [0.2, 0.25) is 0 Å². The molecule has 0 saturated heterocycles. The Balaban J connectivity index is 1.57. The molecule has 8 atom stereocenters. The molecule has 0 aromatic carbocycles. The molecule has 30 heavy (non-hydrogen) atoms. The molecule has 3 heteroatoms. The number of fused-ring (bicyclic) bond motifs is 4. The lowest BCUT2D eigenvalue weighted by Gasteiger charge is -2.56. The van der Waals surface area contributed by atoms with Crippen LogP contribution in [-0.2, 0) is 4.79 Å². The predicted molar refractivity (Wildman–Crippen MR) is 121 cm³/mol. The number of ketones is 1. The standard InChI is InChI=1S/C27H44O3/c1-16(2)12-19(29)13-17(3)21-6-7-22-20-15-25(30)24-14-18(28)8-10-27(24,5)23(20)9-11-26(21,22)4/h16-18,21-22,24-25,28,30H,6-15H2,1-5H3/t17-,18+,21-,22+,24?,25+,26-,27-/m1/s1. The first kappa shape index (κ1) is 22.5. The Morgan fingerprint density at radius 2 is 1.80 bits per heavy atom. The summed E-state index contributed by atoms with van der Waals surface area (Å²) in [6.45, 7) is 11.5. The highest BCUT2D eigenvalue weighted by molar-refractivity contribution is 5.78. The van der Waals surface area contributed by atoms with Crippen LogP contribution in [0, 0.1) is 40.4 Å². The quantitative estimate of drug-likeness (QED) is 0.567. The van der Waals surface area contributed by atoms with Crippen LogP contribution in [0.4, 0.5) is 0 Å². The van der Waals surface area contributed by atoms with Gasteiger partial charge in [-0.3, -0.25) is 4.79 Å². The summed E-state index contributed by atoms with van der Waals surface area (Å²) < 4.78 is 0. The van der Waals surface area contributed by atoms with Crippen molar-refractivity contribution >= 4 is 5.78 Å². The minimum Gasteiger partial charge on any atom is -0.393 e. The fourth-order valence-electron chi connectivity index (χ4n) is 8.50. The Kier molecular flexibility index (Phi) is 6.03. The van der Waals surface area contributed by atoms with E-state index in [0.717, 1.165) is 38.5 Å². The van der Waals surface area contributed by atoms with Crippen molar-refractivity contribution in [1.29, 1.82) is 0 Å². The van der Waals surface area contributed by atoms with Gasteiger partial charge in [0.15, 0.2) is 0 Å². The molecule has 0 bridgehead atoms. The molecule has 0 heterocycles. The van der Waals surface area contributed by atoms with Gasteiger partial charge in [-0.05, 0) is 91.8 Å². The maximum absolute atomic E-state index is 12.5. The number of hydrogen-bond donors (Lipinski definition) is 2. The molecule has 2 fully saturated rings. The normalized spacial score (nSPS) is 44.5. The first-order chi connectivity index (χ1) is 14.1. The van der Waals surface area contributed by atoms with Gasteiger partial charge in [0.25, 0.3) is 0 Å². The van der Waals surface area contributed by atoms with Gasteiger partial charge < -0.3 is 10.2 Å². The van der Waals surface area contributed by atoms with Crippen molar-refractivity contribution in [3.8, 4) is 0 Å². The first-order valence-electron chi connectivity index (χ1n) is 12.7. The third kappa shape index (κ3) is 3.62. The molecular formula is C27H44O3. The van der Waals surface area contributed by atoms with E-state index in [-0.39, 0.29) is 29.0 Å². The first-order valence-corrected chi connectivity index (χ1v) is 12.7. The maximum Gasteiger partial charge on any atom is 0.133 e. The molecule has 0 spiro atoms. The molecule has 0 aromatic rings. The summed E-state index contributed by atoms with van der Waals surface area (Å²) in [6, 6.07) is 0. The van der Waals surface area contributed by atoms with Crippen molar-refractivity contribution in [2.24, 2.45) is 40.4 Å². The second kappa shape index (κ2) is 8.03. The van der Waals surface area contributed by atoms with Crippen molar-refractivity contribution in [3.05, 3.63) is 11.1 Å². The minimum absolute atomic E-state index is 0.0739. The molecule has 0 aromatic heterocycles. The maximum atomic E-state index is 12.5. The van der Waals surface area contributed by atoms with E-state index in [1.807, 2.05) is 0 Å². The number of carbonyl (C=O) groups is 1. The predicted octanol–water partition coefficient (Wildman–Crippen LogP) is 5.68. The second-order valence-corrected chi connectivity index (χ2v) is 12.3. The number of Topliss-reactive ketones (excluding diaryl/α,β-unsaturated/α-hetero) is 1. The van der Waals surface area contributed by atoms with Gasteiger partial charge in [0.05, 0.1) is 12.2 Å². The van der Waals surface area contributed by atoms with E-state index < -0.39 is 0 Å². The monoisotopic (exact) mass is 416 g/mol. The Bertz CT molecular complexity index is 709.